The minimum absolute atomic E-state index is 0.130. The van der Waals surface area contributed by atoms with Crippen LogP contribution in [0.5, 0.6) is 0 Å². The molecule has 0 aromatic heterocycles. The van der Waals surface area contributed by atoms with Crippen molar-refractivity contribution in [1.82, 2.24) is 10.0 Å². The first kappa shape index (κ1) is 22.7. The van der Waals surface area contributed by atoms with Gasteiger partial charge in [-0.1, -0.05) is 53.7 Å². The van der Waals surface area contributed by atoms with Crippen LogP contribution in [0, 0.1) is 34.0 Å². The Morgan fingerprint density at radius 2 is 1.23 bits per heavy atom. The average molecular weight is 422 g/mol. The summed E-state index contributed by atoms with van der Waals surface area (Å²) in [5, 5.41) is 21.2. The predicted molar refractivity (Wildman–Crippen MR) is 120 cm³/mol. The first-order valence-corrected chi connectivity index (χ1v) is 10.5. The predicted octanol–water partition coefficient (Wildman–Crippen LogP) is 3.62. The summed E-state index contributed by atoms with van der Waals surface area (Å²) >= 11 is 0. The molecule has 2 atom stereocenters. The molecule has 2 aliphatic rings. The van der Waals surface area contributed by atoms with Gasteiger partial charge in [-0.15, -0.1) is 0 Å². The molecular weight excluding hydrogens is 390 g/mol. The Morgan fingerprint density at radius 3 is 1.55 bits per heavy atom. The van der Waals surface area contributed by atoms with Gasteiger partial charge in [-0.3, -0.25) is 9.59 Å². The van der Waals surface area contributed by atoms with Crippen molar-refractivity contribution in [2.75, 3.05) is 14.1 Å². The fourth-order valence-corrected chi connectivity index (χ4v) is 4.42. The van der Waals surface area contributed by atoms with Crippen LogP contribution >= 0.6 is 0 Å². The number of carbonyl (C=O) groups excluding carboxylic acids is 2. The molecule has 0 bridgehead atoms. The lowest BCUT2D eigenvalue weighted by Gasteiger charge is -2.34. The summed E-state index contributed by atoms with van der Waals surface area (Å²) < 4.78 is 0. The zero-order chi connectivity index (χ0) is 23.3. The van der Waals surface area contributed by atoms with Crippen LogP contribution in [0.15, 0.2) is 34.5 Å². The second-order valence-corrected chi connectivity index (χ2v) is 10.4. The van der Waals surface area contributed by atoms with Crippen molar-refractivity contribution in [3.8, 4) is 6.07 Å². The van der Waals surface area contributed by atoms with Gasteiger partial charge >= 0.3 is 0 Å². The molecule has 0 saturated heterocycles. The molecule has 7 nitrogen and oxygen atoms in total. The van der Waals surface area contributed by atoms with E-state index in [1.807, 2.05) is 53.7 Å². The molecule has 0 aliphatic carbocycles. The van der Waals surface area contributed by atoms with E-state index in [4.69, 9.17) is 0 Å². The maximum atomic E-state index is 13.4. The second-order valence-electron chi connectivity index (χ2n) is 10.4. The zero-order valence-corrected chi connectivity index (χ0v) is 19.6. The van der Waals surface area contributed by atoms with E-state index in [1.54, 1.807) is 26.2 Å². The molecule has 2 amide bonds. The van der Waals surface area contributed by atoms with Crippen LogP contribution in [-0.2, 0) is 9.59 Å². The van der Waals surface area contributed by atoms with Crippen molar-refractivity contribution < 1.29 is 9.59 Å². The maximum Gasteiger partial charge on any atom is 0.251 e. The molecule has 31 heavy (non-hydrogen) atoms. The summed E-state index contributed by atoms with van der Waals surface area (Å²) in [4.78, 5) is 26.8. The molecule has 3 rings (SSSR count). The number of nitrogens with zero attached hydrogens (tertiary/aromatic N) is 5. The van der Waals surface area contributed by atoms with Gasteiger partial charge in [0.05, 0.1) is 34.9 Å². The van der Waals surface area contributed by atoms with Crippen LogP contribution < -0.4 is 0 Å². The number of benzene rings is 1. The van der Waals surface area contributed by atoms with Crippen LogP contribution in [0.4, 0.5) is 0 Å². The largest absolute Gasteiger partial charge is 0.272 e. The third-order valence-corrected chi connectivity index (χ3v) is 5.95. The van der Waals surface area contributed by atoms with Crippen molar-refractivity contribution in [1.29, 1.82) is 5.26 Å². The highest BCUT2D eigenvalue weighted by molar-refractivity contribution is 6.15. The van der Waals surface area contributed by atoms with E-state index >= 15 is 0 Å². The first-order chi connectivity index (χ1) is 14.3. The van der Waals surface area contributed by atoms with E-state index in [1.165, 1.54) is 10.0 Å². The highest BCUT2D eigenvalue weighted by Crippen LogP contribution is 2.46. The number of hydrazone groups is 2. The molecular formula is C24H31N5O2. The highest BCUT2D eigenvalue weighted by Gasteiger charge is 2.53. The third-order valence-electron chi connectivity index (χ3n) is 5.95. The SMILES string of the molecule is CN1N=C(C(C)(C)C)[C@H](C(c2ccc(C#N)cc2)[C@@H]2C(=O)N(C)N=C2C(C)(C)C)C1=O. The van der Waals surface area contributed by atoms with Gasteiger partial charge in [0.25, 0.3) is 11.8 Å². The number of amides is 2. The number of carbonyl (C=O) groups is 2. The second kappa shape index (κ2) is 7.60. The lowest BCUT2D eigenvalue weighted by molar-refractivity contribution is -0.133. The molecule has 0 fully saturated rings. The molecule has 0 spiro atoms. The van der Waals surface area contributed by atoms with Gasteiger partial charge in [-0.2, -0.15) is 15.5 Å². The van der Waals surface area contributed by atoms with E-state index in [2.05, 4.69) is 16.3 Å². The Morgan fingerprint density at radius 1 is 0.839 bits per heavy atom. The number of rotatable bonds is 3. The van der Waals surface area contributed by atoms with Crippen LogP contribution in [0.3, 0.4) is 0 Å². The lowest BCUT2D eigenvalue weighted by Crippen LogP contribution is -2.44. The molecule has 0 N–H and O–H groups in total. The van der Waals surface area contributed by atoms with E-state index in [0.29, 0.717) is 5.56 Å². The Bertz CT molecular complexity index is 948. The molecule has 164 valence electrons. The zero-order valence-electron chi connectivity index (χ0n) is 19.6. The molecule has 2 aliphatic heterocycles. The van der Waals surface area contributed by atoms with Gasteiger partial charge in [0.2, 0.25) is 0 Å². The highest BCUT2D eigenvalue weighted by atomic mass is 16.2. The fourth-order valence-electron chi connectivity index (χ4n) is 4.42. The van der Waals surface area contributed by atoms with E-state index in [9.17, 15) is 14.9 Å². The minimum Gasteiger partial charge on any atom is -0.272 e. The van der Waals surface area contributed by atoms with Gasteiger partial charge in [-0.25, -0.2) is 10.0 Å². The van der Waals surface area contributed by atoms with E-state index < -0.39 is 17.8 Å². The number of nitriles is 1. The standard InChI is InChI=1S/C24H31N5O2/c1-23(2,3)19-17(21(30)28(7)26-19)16(15-11-9-14(13-25)10-12-15)18-20(24(4,5)6)27-29(8)22(18)31/h9-12,16-18H,1-8H3/t17-,18-/m0/s1. The normalized spacial score (nSPS) is 22.2. The molecule has 1 aromatic carbocycles. The molecule has 2 heterocycles. The minimum atomic E-state index is -0.592. The summed E-state index contributed by atoms with van der Waals surface area (Å²) in [5.74, 6) is -1.92. The topological polar surface area (TPSA) is 89.1 Å². The van der Waals surface area contributed by atoms with Crippen molar-refractivity contribution >= 4 is 23.2 Å². The van der Waals surface area contributed by atoms with Gasteiger partial charge in [0.1, 0.15) is 0 Å². The Kier molecular flexibility index (Phi) is 5.56. The molecule has 0 saturated carbocycles. The number of hydrogen-bond acceptors (Lipinski definition) is 5. The van der Waals surface area contributed by atoms with Crippen LogP contribution in [0.25, 0.3) is 0 Å². The smallest absolute Gasteiger partial charge is 0.251 e. The molecule has 0 unspecified atom stereocenters. The molecule has 7 heteroatoms. The third kappa shape index (κ3) is 3.99. The summed E-state index contributed by atoms with van der Waals surface area (Å²) in [6.45, 7) is 12.2. The first-order valence-electron chi connectivity index (χ1n) is 10.5. The monoisotopic (exact) mass is 421 g/mol. The fraction of sp³-hybridized carbons (Fsp3) is 0.542. The lowest BCUT2D eigenvalue weighted by atomic mass is 9.65. The Hall–Kier alpha value is -3.01. The summed E-state index contributed by atoms with van der Waals surface area (Å²) in [6, 6.07) is 9.29. The van der Waals surface area contributed by atoms with Crippen molar-refractivity contribution in [3.63, 3.8) is 0 Å². The Labute approximate surface area is 184 Å². The summed E-state index contributed by atoms with van der Waals surface area (Å²) in [6.07, 6.45) is 0. The summed E-state index contributed by atoms with van der Waals surface area (Å²) in [7, 11) is 3.32. The van der Waals surface area contributed by atoms with Gasteiger partial charge in [0, 0.05) is 30.8 Å². The van der Waals surface area contributed by atoms with Crippen molar-refractivity contribution in [2.45, 2.75) is 47.5 Å². The van der Waals surface area contributed by atoms with Gasteiger partial charge < -0.3 is 0 Å². The van der Waals surface area contributed by atoms with Crippen molar-refractivity contribution in [2.24, 2.45) is 32.9 Å². The summed E-state index contributed by atoms with van der Waals surface area (Å²) in [5.41, 5.74) is 2.15. The average Bonchev–Trinajstić information content (AvgIpc) is 3.14. The maximum absolute atomic E-state index is 13.4. The quantitative estimate of drug-likeness (QED) is 0.746. The Balaban J connectivity index is 2.24. The van der Waals surface area contributed by atoms with Crippen molar-refractivity contribution in [3.05, 3.63) is 35.4 Å². The van der Waals surface area contributed by atoms with Gasteiger partial charge in [-0.05, 0) is 17.7 Å². The van der Waals surface area contributed by atoms with Gasteiger partial charge in [0.15, 0.2) is 0 Å². The van der Waals surface area contributed by atoms with Crippen LogP contribution in [0.2, 0.25) is 0 Å². The molecule has 0 radical (unpaired) electrons. The van der Waals surface area contributed by atoms with E-state index in [-0.39, 0.29) is 22.6 Å². The van der Waals surface area contributed by atoms with E-state index in [0.717, 1.165) is 17.0 Å². The van der Waals surface area contributed by atoms with Crippen LogP contribution in [0.1, 0.15) is 58.6 Å². The van der Waals surface area contributed by atoms with Crippen LogP contribution in [-0.4, -0.2) is 47.4 Å². The number of hydrogen-bond donors (Lipinski definition) is 0. The molecule has 1 aromatic rings.